The van der Waals surface area contributed by atoms with Crippen LogP contribution in [0.15, 0.2) is 77.7 Å². The van der Waals surface area contributed by atoms with Crippen molar-refractivity contribution in [3.8, 4) is 11.5 Å². The second-order valence-electron chi connectivity index (χ2n) is 7.80. The minimum Gasteiger partial charge on any atom is -0.497 e. The highest BCUT2D eigenvalue weighted by molar-refractivity contribution is 7.89. The lowest BCUT2D eigenvalue weighted by Crippen LogP contribution is -2.45. The monoisotopic (exact) mass is 514 g/mol. The Hall–Kier alpha value is -3.40. The van der Waals surface area contributed by atoms with Crippen LogP contribution in [0.5, 0.6) is 11.5 Å². The summed E-state index contributed by atoms with van der Waals surface area (Å²) in [7, 11) is -1.21. The number of rotatable bonds is 8. The number of carbonyl (C=O) groups is 2. The van der Waals surface area contributed by atoms with Crippen LogP contribution in [0.3, 0.4) is 0 Å². The fourth-order valence-electron chi connectivity index (χ4n) is 3.88. The average Bonchev–Trinajstić information content (AvgIpc) is 3.16. The van der Waals surface area contributed by atoms with Gasteiger partial charge in [-0.05, 0) is 60.2 Å². The number of halogens is 1. The summed E-state index contributed by atoms with van der Waals surface area (Å²) in [6.07, 6.45) is -0.301. The zero-order valence-electron chi connectivity index (χ0n) is 19.0. The molecule has 0 aromatic heterocycles. The minimum absolute atomic E-state index is 0.0338. The third kappa shape index (κ3) is 4.88. The fraction of sp³-hybridized carbons (Fsp3) is 0.200. The molecule has 1 aliphatic heterocycles. The first-order chi connectivity index (χ1) is 16.8. The number of nitrogens with zero attached hydrogens (tertiary/aromatic N) is 2. The summed E-state index contributed by atoms with van der Waals surface area (Å²) in [4.78, 5) is 27.4. The molecular formula is C25H23ClN2O6S. The second-order valence-corrected chi connectivity index (χ2v) is 10.1. The number of imide groups is 1. The molecule has 3 aromatic rings. The molecule has 4 rings (SSSR count). The van der Waals surface area contributed by atoms with Crippen LogP contribution in [-0.2, 0) is 26.2 Å². The van der Waals surface area contributed by atoms with Gasteiger partial charge in [0.25, 0.3) is 5.91 Å². The lowest BCUT2D eigenvalue weighted by Gasteiger charge is -2.27. The highest BCUT2D eigenvalue weighted by Crippen LogP contribution is 2.32. The summed E-state index contributed by atoms with van der Waals surface area (Å²) in [5.74, 6) is -0.0882. The highest BCUT2D eigenvalue weighted by Gasteiger charge is 2.47. The zero-order valence-corrected chi connectivity index (χ0v) is 20.6. The predicted octanol–water partition coefficient (Wildman–Crippen LogP) is 3.88. The summed E-state index contributed by atoms with van der Waals surface area (Å²) in [5.41, 5.74) is 0.845. The molecule has 0 saturated carbocycles. The van der Waals surface area contributed by atoms with E-state index < -0.39 is 27.9 Å². The first-order valence-electron chi connectivity index (χ1n) is 10.7. The predicted molar refractivity (Wildman–Crippen MR) is 131 cm³/mol. The molecule has 0 aliphatic carbocycles. The van der Waals surface area contributed by atoms with E-state index in [9.17, 15) is 18.0 Å². The lowest BCUT2D eigenvalue weighted by atomic mass is 10.2. The SMILES string of the molecule is COc1ccc(N2C(=O)CC(N(Cc3ccccc3Cl)S(=O)(=O)c3ccc(OC)cc3)C2=O)cc1. The minimum atomic E-state index is -4.20. The van der Waals surface area contributed by atoms with Gasteiger partial charge < -0.3 is 9.47 Å². The molecule has 0 spiro atoms. The number of anilines is 1. The molecule has 3 aromatic carbocycles. The van der Waals surface area contributed by atoms with E-state index in [1.54, 1.807) is 48.5 Å². The van der Waals surface area contributed by atoms with Crippen LogP contribution >= 0.6 is 11.6 Å². The number of methoxy groups -OCH3 is 2. The maximum Gasteiger partial charge on any atom is 0.252 e. The smallest absolute Gasteiger partial charge is 0.252 e. The summed E-state index contributed by atoms with van der Waals surface area (Å²) >= 11 is 6.32. The number of benzene rings is 3. The molecule has 2 amide bonds. The fourth-order valence-corrected chi connectivity index (χ4v) is 5.64. The first-order valence-corrected chi connectivity index (χ1v) is 12.5. The molecule has 8 nitrogen and oxygen atoms in total. The van der Waals surface area contributed by atoms with Crippen LogP contribution in [-0.4, -0.2) is 44.8 Å². The van der Waals surface area contributed by atoms with E-state index in [1.807, 2.05) is 0 Å². The van der Waals surface area contributed by atoms with E-state index in [2.05, 4.69) is 0 Å². The maximum absolute atomic E-state index is 13.8. The van der Waals surface area contributed by atoms with Crippen molar-refractivity contribution in [2.24, 2.45) is 0 Å². The number of hydrogen-bond acceptors (Lipinski definition) is 6. The van der Waals surface area contributed by atoms with Crippen LogP contribution < -0.4 is 14.4 Å². The van der Waals surface area contributed by atoms with Crippen molar-refractivity contribution >= 4 is 39.1 Å². The van der Waals surface area contributed by atoms with Gasteiger partial charge in [0.2, 0.25) is 15.9 Å². The third-order valence-corrected chi connectivity index (χ3v) is 7.99. The molecule has 1 saturated heterocycles. The Morgan fingerprint density at radius 2 is 1.49 bits per heavy atom. The van der Waals surface area contributed by atoms with Crippen molar-refractivity contribution in [2.45, 2.75) is 23.9 Å². The number of hydrogen-bond donors (Lipinski definition) is 0. The summed E-state index contributed by atoms with van der Waals surface area (Å²) in [6, 6.07) is 17.8. The van der Waals surface area contributed by atoms with Gasteiger partial charge in [0.1, 0.15) is 17.5 Å². The summed E-state index contributed by atoms with van der Waals surface area (Å²) in [5, 5.41) is 0.353. The summed E-state index contributed by atoms with van der Waals surface area (Å²) in [6.45, 7) is -0.186. The van der Waals surface area contributed by atoms with Gasteiger partial charge in [-0.15, -0.1) is 0 Å². The van der Waals surface area contributed by atoms with E-state index in [-0.39, 0.29) is 17.9 Å². The summed E-state index contributed by atoms with van der Waals surface area (Å²) < 4.78 is 38.8. The molecule has 0 N–H and O–H groups in total. The Morgan fingerprint density at radius 3 is 2.06 bits per heavy atom. The Balaban J connectivity index is 1.74. The molecule has 35 heavy (non-hydrogen) atoms. The van der Waals surface area contributed by atoms with Crippen LogP contribution in [0.4, 0.5) is 5.69 Å². The standard InChI is InChI=1S/C25H23ClN2O6S/c1-33-19-9-7-18(8-10-19)28-24(29)15-23(25(28)30)27(16-17-5-3-4-6-22(17)26)35(31,32)21-13-11-20(34-2)12-14-21/h3-14,23H,15-16H2,1-2H3. The van der Waals surface area contributed by atoms with Crippen molar-refractivity contribution < 1.29 is 27.5 Å². The van der Waals surface area contributed by atoms with Gasteiger partial charge in [-0.3, -0.25) is 9.59 Å². The Labute approximate surface area is 208 Å². The van der Waals surface area contributed by atoms with Gasteiger partial charge in [-0.2, -0.15) is 4.31 Å². The highest BCUT2D eigenvalue weighted by atomic mass is 35.5. The first kappa shape index (κ1) is 24.7. The molecule has 1 fully saturated rings. The number of sulfonamides is 1. The largest absolute Gasteiger partial charge is 0.497 e. The quantitative estimate of drug-likeness (QED) is 0.423. The van der Waals surface area contributed by atoms with Crippen LogP contribution in [0.1, 0.15) is 12.0 Å². The lowest BCUT2D eigenvalue weighted by molar-refractivity contribution is -0.122. The average molecular weight is 515 g/mol. The van der Waals surface area contributed by atoms with Crippen LogP contribution in [0.25, 0.3) is 0 Å². The van der Waals surface area contributed by atoms with E-state index in [0.717, 1.165) is 9.21 Å². The Morgan fingerprint density at radius 1 is 0.914 bits per heavy atom. The topological polar surface area (TPSA) is 93.2 Å². The Kier molecular flexibility index (Phi) is 7.11. The normalized spacial score (nSPS) is 16.1. The maximum atomic E-state index is 13.8. The molecule has 10 heteroatoms. The molecular weight excluding hydrogens is 492 g/mol. The van der Waals surface area contributed by atoms with E-state index in [4.69, 9.17) is 21.1 Å². The zero-order chi connectivity index (χ0) is 25.2. The van der Waals surface area contributed by atoms with Gasteiger partial charge in [-0.25, -0.2) is 13.3 Å². The van der Waals surface area contributed by atoms with Gasteiger partial charge >= 0.3 is 0 Å². The van der Waals surface area contributed by atoms with Crippen molar-refractivity contribution in [3.05, 3.63) is 83.4 Å². The molecule has 182 valence electrons. The number of carbonyl (C=O) groups excluding carboxylic acids is 2. The number of amides is 2. The molecule has 0 radical (unpaired) electrons. The van der Waals surface area contributed by atoms with Gasteiger partial charge in [0.15, 0.2) is 0 Å². The van der Waals surface area contributed by atoms with Gasteiger partial charge in [0.05, 0.1) is 31.2 Å². The van der Waals surface area contributed by atoms with Gasteiger partial charge in [-0.1, -0.05) is 29.8 Å². The van der Waals surface area contributed by atoms with Crippen LogP contribution in [0, 0.1) is 0 Å². The Bertz CT molecular complexity index is 1340. The van der Waals surface area contributed by atoms with E-state index in [0.29, 0.717) is 27.8 Å². The molecule has 1 heterocycles. The van der Waals surface area contributed by atoms with Crippen molar-refractivity contribution in [1.82, 2.24) is 4.31 Å². The van der Waals surface area contributed by atoms with E-state index in [1.165, 1.54) is 38.5 Å². The van der Waals surface area contributed by atoms with E-state index >= 15 is 0 Å². The second kappa shape index (κ2) is 10.1. The van der Waals surface area contributed by atoms with Crippen molar-refractivity contribution in [1.29, 1.82) is 0 Å². The number of ether oxygens (including phenoxy) is 2. The molecule has 1 aliphatic rings. The van der Waals surface area contributed by atoms with Gasteiger partial charge in [0, 0.05) is 11.6 Å². The van der Waals surface area contributed by atoms with Crippen LogP contribution in [0.2, 0.25) is 5.02 Å². The van der Waals surface area contributed by atoms with Crippen molar-refractivity contribution in [3.63, 3.8) is 0 Å². The molecule has 1 unspecified atom stereocenters. The molecule has 1 atom stereocenters. The van der Waals surface area contributed by atoms with Crippen molar-refractivity contribution in [2.75, 3.05) is 19.1 Å². The third-order valence-electron chi connectivity index (χ3n) is 5.75. The molecule has 0 bridgehead atoms.